The van der Waals surface area contributed by atoms with E-state index in [1.807, 2.05) is 4.90 Å². The smallest absolute Gasteiger partial charge is 0.241 e. The van der Waals surface area contributed by atoms with Crippen LogP contribution in [0.2, 0.25) is 0 Å². The fourth-order valence-electron chi connectivity index (χ4n) is 2.68. The number of rotatable bonds is 8. The van der Waals surface area contributed by atoms with E-state index in [2.05, 4.69) is 19.2 Å². The van der Waals surface area contributed by atoms with Gasteiger partial charge in [-0.05, 0) is 44.1 Å². The molecule has 1 unspecified atom stereocenters. The average molecular weight is 283 g/mol. The van der Waals surface area contributed by atoms with E-state index in [1.165, 1.54) is 0 Å². The summed E-state index contributed by atoms with van der Waals surface area (Å²) in [7, 11) is 0. The van der Waals surface area contributed by atoms with Gasteiger partial charge in [0, 0.05) is 19.5 Å². The number of nitrogens with zero attached hydrogens (tertiary/aromatic N) is 1. The number of hydrogen-bond acceptors (Lipinski definition) is 3. The maximum atomic E-state index is 11.8. The molecule has 5 heteroatoms. The van der Waals surface area contributed by atoms with E-state index in [0.717, 1.165) is 38.8 Å². The summed E-state index contributed by atoms with van der Waals surface area (Å²) in [6.07, 6.45) is 4.44. The zero-order chi connectivity index (χ0) is 15.0. The molecule has 1 atom stereocenters. The molecule has 1 fully saturated rings. The maximum absolute atomic E-state index is 11.8. The van der Waals surface area contributed by atoms with E-state index in [-0.39, 0.29) is 18.4 Å². The van der Waals surface area contributed by atoms with Crippen molar-refractivity contribution in [3.63, 3.8) is 0 Å². The van der Waals surface area contributed by atoms with Crippen LogP contribution in [-0.4, -0.2) is 42.9 Å². The van der Waals surface area contributed by atoms with Gasteiger partial charge in [-0.3, -0.25) is 9.59 Å². The lowest BCUT2D eigenvalue weighted by Gasteiger charge is -2.20. The first-order valence-corrected chi connectivity index (χ1v) is 7.79. The summed E-state index contributed by atoms with van der Waals surface area (Å²) in [6.45, 7) is 6.80. The van der Waals surface area contributed by atoms with Crippen molar-refractivity contribution in [1.82, 2.24) is 10.2 Å². The van der Waals surface area contributed by atoms with Gasteiger partial charge in [0.1, 0.15) is 0 Å². The van der Waals surface area contributed by atoms with Crippen molar-refractivity contribution in [3.05, 3.63) is 0 Å². The van der Waals surface area contributed by atoms with Gasteiger partial charge in [0.2, 0.25) is 11.8 Å². The van der Waals surface area contributed by atoms with Crippen LogP contribution in [0, 0.1) is 11.8 Å². The number of nitrogens with one attached hydrogen (secondary N) is 1. The van der Waals surface area contributed by atoms with Gasteiger partial charge in [0.15, 0.2) is 0 Å². The molecular formula is C15H29N3O2. The van der Waals surface area contributed by atoms with Gasteiger partial charge in [-0.1, -0.05) is 13.8 Å². The fourth-order valence-corrected chi connectivity index (χ4v) is 2.68. The van der Waals surface area contributed by atoms with E-state index in [1.54, 1.807) is 0 Å². The first-order valence-electron chi connectivity index (χ1n) is 7.79. The van der Waals surface area contributed by atoms with Crippen molar-refractivity contribution in [1.29, 1.82) is 0 Å². The van der Waals surface area contributed by atoms with Crippen LogP contribution in [0.15, 0.2) is 0 Å². The standard InChI is InChI=1S/C15H29N3O2/c1-12(2)13(7-8-16)5-6-14(19)17-11-15(20)18-9-3-4-10-18/h12-13H,3-11,16H2,1-2H3,(H,17,19). The minimum absolute atomic E-state index is 0.0276. The molecule has 3 N–H and O–H groups in total. The molecule has 0 bridgehead atoms. The summed E-state index contributed by atoms with van der Waals surface area (Å²) in [5.74, 6) is 1.04. The highest BCUT2D eigenvalue weighted by Crippen LogP contribution is 2.20. The van der Waals surface area contributed by atoms with Gasteiger partial charge < -0.3 is 16.0 Å². The number of amides is 2. The molecule has 0 aliphatic carbocycles. The molecule has 1 heterocycles. The van der Waals surface area contributed by atoms with Crippen LogP contribution in [0.5, 0.6) is 0 Å². The minimum atomic E-state index is -0.0276. The summed E-state index contributed by atoms with van der Waals surface area (Å²) in [5, 5.41) is 2.73. The van der Waals surface area contributed by atoms with Gasteiger partial charge in [-0.2, -0.15) is 0 Å². The third-order valence-corrected chi connectivity index (χ3v) is 4.12. The largest absolute Gasteiger partial charge is 0.347 e. The van der Waals surface area contributed by atoms with E-state index in [9.17, 15) is 9.59 Å². The zero-order valence-corrected chi connectivity index (χ0v) is 12.9. The lowest BCUT2D eigenvalue weighted by Crippen LogP contribution is -2.38. The Balaban J connectivity index is 2.20. The van der Waals surface area contributed by atoms with Crippen LogP contribution < -0.4 is 11.1 Å². The molecule has 0 spiro atoms. The predicted molar refractivity (Wildman–Crippen MR) is 80.1 cm³/mol. The van der Waals surface area contributed by atoms with Gasteiger partial charge >= 0.3 is 0 Å². The Kier molecular flexibility index (Phi) is 7.59. The Labute approximate surface area is 122 Å². The molecule has 0 aromatic rings. The predicted octanol–water partition coefficient (Wildman–Crippen LogP) is 1.13. The third-order valence-electron chi connectivity index (χ3n) is 4.12. The maximum Gasteiger partial charge on any atom is 0.241 e. The summed E-state index contributed by atoms with van der Waals surface area (Å²) in [4.78, 5) is 25.4. The lowest BCUT2D eigenvalue weighted by atomic mass is 9.88. The van der Waals surface area contributed by atoms with E-state index in [4.69, 9.17) is 5.73 Å². The molecule has 0 radical (unpaired) electrons. The molecule has 116 valence electrons. The lowest BCUT2D eigenvalue weighted by molar-refractivity contribution is -0.132. The van der Waals surface area contributed by atoms with Crippen molar-refractivity contribution < 1.29 is 9.59 Å². The molecule has 1 rings (SSSR count). The van der Waals surface area contributed by atoms with E-state index < -0.39 is 0 Å². The van der Waals surface area contributed by atoms with Gasteiger partial charge in [-0.15, -0.1) is 0 Å². The second-order valence-corrected chi connectivity index (χ2v) is 5.98. The van der Waals surface area contributed by atoms with Crippen molar-refractivity contribution in [2.45, 2.75) is 46.0 Å². The van der Waals surface area contributed by atoms with Crippen molar-refractivity contribution in [2.75, 3.05) is 26.2 Å². The van der Waals surface area contributed by atoms with Crippen LogP contribution >= 0.6 is 0 Å². The van der Waals surface area contributed by atoms with Crippen molar-refractivity contribution >= 4 is 11.8 Å². The summed E-state index contributed by atoms with van der Waals surface area (Å²) in [6, 6.07) is 0. The SMILES string of the molecule is CC(C)C(CCN)CCC(=O)NCC(=O)N1CCCC1. The van der Waals surface area contributed by atoms with E-state index in [0.29, 0.717) is 24.8 Å². The molecule has 1 saturated heterocycles. The van der Waals surface area contributed by atoms with Crippen LogP contribution in [0.1, 0.15) is 46.0 Å². The Morgan fingerprint density at radius 1 is 1.20 bits per heavy atom. The Bertz CT molecular complexity index is 312. The summed E-state index contributed by atoms with van der Waals surface area (Å²) >= 11 is 0. The number of carbonyl (C=O) groups excluding carboxylic acids is 2. The van der Waals surface area contributed by atoms with Gasteiger partial charge in [0.25, 0.3) is 0 Å². The molecule has 5 nitrogen and oxygen atoms in total. The monoisotopic (exact) mass is 283 g/mol. The second kappa shape index (κ2) is 8.95. The molecule has 1 aliphatic rings. The minimum Gasteiger partial charge on any atom is -0.347 e. The normalized spacial score (nSPS) is 16.5. The number of likely N-dealkylation sites (tertiary alicyclic amines) is 1. The van der Waals surface area contributed by atoms with E-state index >= 15 is 0 Å². The summed E-state index contributed by atoms with van der Waals surface area (Å²) < 4.78 is 0. The number of carbonyl (C=O) groups is 2. The van der Waals surface area contributed by atoms with Crippen LogP contribution in [0.25, 0.3) is 0 Å². The number of nitrogens with two attached hydrogens (primary N) is 1. The average Bonchev–Trinajstić information content (AvgIpc) is 2.94. The van der Waals surface area contributed by atoms with Gasteiger partial charge in [0.05, 0.1) is 6.54 Å². The fraction of sp³-hybridized carbons (Fsp3) is 0.867. The summed E-state index contributed by atoms with van der Waals surface area (Å²) in [5.41, 5.74) is 5.59. The Morgan fingerprint density at radius 2 is 1.85 bits per heavy atom. The first-order chi connectivity index (χ1) is 9.54. The molecule has 0 aromatic carbocycles. The van der Waals surface area contributed by atoms with Crippen LogP contribution in [-0.2, 0) is 9.59 Å². The molecular weight excluding hydrogens is 254 g/mol. The Morgan fingerprint density at radius 3 is 2.40 bits per heavy atom. The highest BCUT2D eigenvalue weighted by Gasteiger charge is 2.19. The zero-order valence-electron chi connectivity index (χ0n) is 12.9. The molecule has 20 heavy (non-hydrogen) atoms. The van der Waals surface area contributed by atoms with Crippen LogP contribution in [0.4, 0.5) is 0 Å². The molecule has 2 amide bonds. The topological polar surface area (TPSA) is 75.4 Å². The van der Waals surface area contributed by atoms with Crippen molar-refractivity contribution in [2.24, 2.45) is 17.6 Å². The Hall–Kier alpha value is -1.10. The number of hydrogen-bond donors (Lipinski definition) is 2. The quantitative estimate of drug-likeness (QED) is 0.701. The van der Waals surface area contributed by atoms with Gasteiger partial charge in [-0.25, -0.2) is 0 Å². The third kappa shape index (κ3) is 5.90. The molecule has 0 saturated carbocycles. The second-order valence-electron chi connectivity index (χ2n) is 5.98. The first kappa shape index (κ1) is 17.0. The molecule has 0 aromatic heterocycles. The molecule has 1 aliphatic heterocycles. The highest BCUT2D eigenvalue weighted by molar-refractivity contribution is 5.84. The van der Waals surface area contributed by atoms with Crippen molar-refractivity contribution in [3.8, 4) is 0 Å². The van der Waals surface area contributed by atoms with Crippen LogP contribution in [0.3, 0.4) is 0 Å². The highest BCUT2D eigenvalue weighted by atomic mass is 16.2.